The lowest BCUT2D eigenvalue weighted by Crippen LogP contribution is -2.38. The van der Waals surface area contributed by atoms with Crippen LogP contribution in [0.3, 0.4) is 0 Å². The van der Waals surface area contributed by atoms with Crippen molar-refractivity contribution in [2.45, 2.75) is 24.3 Å². The van der Waals surface area contributed by atoms with Gasteiger partial charge in [0.05, 0.1) is 5.41 Å². The number of pyridine rings is 1. The zero-order chi connectivity index (χ0) is 20.3. The van der Waals surface area contributed by atoms with Gasteiger partial charge in [0.25, 0.3) is 5.91 Å². The number of nitrogens with two attached hydrogens (primary N) is 1. The number of aromatic nitrogens is 1. The minimum Gasteiger partial charge on any atom is -0.353 e. The monoisotopic (exact) mass is 406 g/mol. The molecule has 0 radical (unpaired) electrons. The highest BCUT2D eigenvalue weighted by Crippen LogP contribution is 2.50. The molecular weight excluding hydrogens is 384 g/mol. The number of rotatable bonds is 7. The molecule has 1 fully saturated rings. The van der Waals surface area contributed by atoms with Gasteiger partial charge in [0.2, 0.25) is 5.91 Å². The van der Waals surface area contributed by atoms with Crippen molar-refractivity contribution in [3.8, 4) is 0 Å². The summed E-state index contributed by atoms with van der Waals surface area (Å²) >= 11 is 1.62. The summed E-state index contributed by atoms with van der Waals surface area (Å²) in [6.07, 6.45) is 5.01. The number of amides is 2. The summed E-state index contributed by atoms with van der Waals surface area (Å²) in [5.41, 5.74) is 7.99. The average molecular weight is 407 g/mol. The summed E-state index contributed by atoms with van der Waals surface area (Å²) in [7, 11) is 0. The second kappa shape index (κ2) is 8.14. The lowest BCUT2D eigenvalue weighted by atomic mass is 10.0. The Labute approximate surface area is 173 Å². The van der Waals surface area contributed by atoms with E-state index in [-0.39, 0.29) is 23.3 Å². The van der Waals surface area contributed by atoms with Crippen molar-refractivity contribution in [2.24, 2.45) is 5.73 Å². The molecule has 0 bridgehead atoms. The second-order valence-corrected chi connectivity index (χ2v) is 8.14. The van der Waals surface area contributed by atoms with Gasteiger partial charge in [0.1, 0.15) is 0 Å². The van der Waals surface area contributed by atoms with Crippen LogP contribution in [0.1, 0.15) is 39.7 Å². The molecule has 0 saturated heterocycles. The molecule has 1 atom stereocenters. The van der Waals surface area contributed by atoms with E-state index in [1.807, 2.05) is 29.6 Å². The molecule has 1 unspecified atom stereocenters. The normalized spacial score (nSPS) is 15.3. The first-order valence-corrected chi connectivity index (χ1v) is 10.4. The molecular formula is C22H22N4O2S. The molecule has 6 nitrogen and oxygen atoms in total. The number of benzene rings is 1. The van der Waals surface area contributed by atoms with Crippen LogP contribution in [0, 0.1) is 0 Å². The van der Waals surface area contributed by atoms with E-state index in [9.17, 15) is 9.59 Å². The lowest BCUT2D eigenvalue weighted by Gasteiger charge is -2.17. The van der Waals surface area contributed by atoms with Gasteiger partial charge in [0.15, 0.2) is 0 Å². The molecule has 4 rings (SSSR count). The fourth-order valence-corrected chi connectivity index (χ4v) is 4.25. The Morgan fingerprint density at radius 2 is 1.83 bits per heavy atom. The van der Waals surface area contributed by atoms with Gasteiger partial charge in [-0.25, -0.2) is 0 Å². The minimum atomic E-state index is -0.358. The van der Waals surface area contributed by atoms with E-state index in [1.54, 1.807) is 48.0 Å². The predicted molar refractivity (Wildman–Crippen MR) is 114 cm³/mol. The molecule has 2 amide bonds. The van der Waals surface area contributed by atoms with Crippen molar-refractivity contribution < 1.29 is 9.59 Å². The first-order valence-electron chi connectivity index (χ1n) is 9.48. The van der Waals surface area contributed by atoms with Crippen LogP contribution in [0.2, 0.25) is 0 Å². The SMILES string of the molecule is NC(CNC(=O)C1(c2cccs2)CC1)c1ccc(C(=O)Nc2ccncc2)cc1. The summed E-state index contributed by atoms with van der Waals surface area (Å²) in [6.45, 7) is 0.356. The van der Waals surface area contributed by atoms with Gasteiger partial charge in [-0.05, 0) is 54.1 Å². The molecule has 29 heavy (non-hydrogen) atoms. The molecule has 0 aliphatic heterocycles. The third-order valence-corrected chi connectivity index (χ3v) is 6.27. The molecule has 3 aromatic rings. The van der Waals surface area contributed by atoms with Crippen LogP contribution in [-0.4, -0.2) is 23.3 Å². The number of thiophene rings is 1. The van der Waals surface area contributed by atoms with E-state index in [0.29, 0.717) is 17.8 Å². The maximum Gasteiger partial charge on any atom is 0.255 e. The Balaban J connectivity index is 1.33. The number of nitrogens with zero attached hydrogens (tertiary/aromatic N) is 1. The highest BCUT2D eigenvalue weighted by atomic mass is 32.1. The van der Waals surface area contributed by atoms with Crippen LogP contribution in [0.4, 0.5) is 5.69 Å². The number of carbonyl (C=O) groups is 2. The first kappa shape index (κ1) is 19.3. The third-order valence-electron chi connectivity index (χ3n) is 5.20. The molecule has 2 aromatic heterocycles. The van der Waals surface area contributed by atoms with Gasteiger partial charge in [-0.15, -0.1) is 11.3 Å². The highest BCUT2D eigenvalue weighted by molar-refractivity contribution is 7.10. The second-order valence-electron chi connectivity index (χ2n) is 7.19. The number of nitrogens with one attached hydrogen (secondary N) is 2. The van der Waals surface area contributed by atoms with Crippen LogP contribution in [0.15, 0.2) is 66.3 Å². The molecule has 7 heteroatoms. The Bertz CT molecular complexity index is 983. The highest BCUT2D eigenvalue weighted by Gasteiger charge is 2.51. The van der Waals surface area contributed by atoms with Crippen LogP contribution in [-0.2, 0) is 10.2 Å². The summed E-state index contributed by atoms with van der Waals surface area (Å²) in [5.74, 6) is -0.153. The standard InChI is InChI=1S/C22H22N4O2S/c23-18(14-25-21(28)22(9-10-22)19-2-1-13-29-19)15-3-5-16(6-4-15)20(27)26-17-7-11-24-12-8-17/h1-8,11-13,18H,9-10,14,23H2,(H,25,28)(H,24,26,27). The third kappa shape index (κ3) is 4.21. The molecule has 148 valence electrons. The molecule has 1 saturated carbocycles. The first-order chi connectivity index (χ1) is 14.1. The van der Waals surface area contributed by atoms with Gasteiger partial charge in [-0.1, -0.05) is 18.2 Å². The Morgan fingerprint density at radius 3 is 2.45 bits per heavy atom. The van der Waals surface area contributed by atoms with Gasteiger partial charge in [0, 0.05) is 41.1 Å². The summed E-state index contributed by atoms with van der Waals surface area (Å²) < 4.78 is 0. The number of hydrogen-bond acceptors (Lipinski definition) is 5. The van der Waals surface area contributed by atoms with E-state index in [4.69, 9.17) is 5.73 Å². The Kier molecular flexibility index (Phi) is 5.42. The Morgan fingerprint density at radius 1 is 1.10 bits per heavy atom. The molecule has 1 aliphatic rings. The fraction of sp³-hybridized carbons (Fsp3) is 0.227. The molecule has 0 spiro atoms. The van der Waals surface area contributed by atoms with Crippen molar-refractivity contribution in [1.29, 1.82) is 0 Å². The van der Waals surface area contributed by atoms with Crippen LogP contribution in [0.5, 0.6) is 0 Å². The predicted octanol–water partition coefficient (Wildman–Crippen LogP) is 3.24. The summed E-state index contributed by atoms with van der Waals surface area (Å²) in [6, 6.07) is 14.2. The van der Waals surface area contributed by atoms with Crippen molar-refractivity contribution in [3.05, 3.63) is 82.3 Å². The zero-order valence-corrected chi connectivity index (χ0v) is 16.6. The van der Waals surface area contributed by atoms with Crippen molar-refractivity contribution >= 4 is 28.8 Å². The summed E-state index contributed by atoms with van der Waals surface area (Å²) in [5, 5.41) is 7.82. The van der Waals surface area contributed by atoms with E-state index in [1.165, 1.54) is 0 Å². The maximum absolute atomic E-state index is 12.7. The zero-order valence-electron chi connectivity index (χ0n) is 15.8. The van der Waals surface area contributed by atoms with E-state index in [2.05, 4.69) is 15.6 Å². The number of hydrogen-bond donors (Lipinski definition) is 3. The maximum atomic E-state index is 12.7. The van der Waals surface area contributed by atoms with Crippen LogP contribution < -0.4 is 16.4 Å². The van der Waals surface area contributed by atoms with Gasteiger partial charge < -0.3 is 16.4 Å². The van der Waals surface area contributed by atoms with Crippen LogP contribution >= 0.6 is 11.3 Å². The fourth-order valence-electron chi connectivity index (χ4n) is 3.27. The van der Waals surface area contributed by atoms with Crippen molar-refractivity contribution in [1.82, 2.24) is 10.3 Å². The molecule has 1 aliphatic carbocycles. The Hall–Kier alpha value is -3.03. The van der Waals surface area contributed by atoms with Crippen molar-refractivity contribution in [2.75, 3.05) is 11.9 Å². The lowest BCUT2D eigenvalue weighted by molar-refractivity contribution is -0.123. The van der Waals surface area contributed by atoms with Crippen molar-refractivity contribution in [3.63, 3.8) is 0 Å². The average Bonchev–Trinajstić information content (AvgIpc) is 3.38. The molecule has 1 aromatic carbocycles. The van der Waals surface area contributed by atoms with Gasteiger partial charge in [-0.2, -0.15) is 0 Å². The van der Waals surface area contributed by atoms with Gasteiger partial charge >= 0.3 is 0 Å². The number of anilines is 1. The largest absolute Gasteiger partial charge is 0.353 e. The smallest absolute Gasteiger partial charge is 0.255 e. The van der Waals surface area contributed by atoms with E-state index in [0.717, 1.165) is 23.3 Å². The van der Waals surface area contributed by atoms with E-state index >= 15 is 0 Å². The topological polar surface area (TPSA) is 97.1 Å². The minimum absolute atomic E-state index is 0.0451. The quantitative estimate of drug-likeness (QED) is 0.561. The number of carbonyl (C=O) groups excluding carboxylic acids is 2. The van der Waals surface area contributed by atoms with Crippen LogP contribution in [0.25, 0.3) is 0 Å². The van der Waals surface area contributed by atoms with E-state index < -0.39 is 0 Å². The molecule has 4 N–H and O–H groups in total. The molecule has 2 heterocycles. The van der Waals surface area contributed by atoms with Gasteiger partial charge in [-0.3, -0.25) is 14.6 Å². The summed E-state index contributed by atoms with van der Waals surface area (Å²) in [4.78, 5) is 30.0.